The maximum absolute atomic E-state index is 12.2. The number of nitrogens with one attached hydrogen (secondary N) is 1. The zero-order chi connectivity index (χ0) is 16.3. The number of rotatable bonds is 5. The summed E-state index contributed by atoms with van der Waals surface area (Å²) in [5.41, 5.74) is 5.36. The van der Waals surface area contributed by atoms with Gasteiger partial charge < -0.3 is 10.5 Å². The summed E-state index contributed by atoms with van der Waals surface area (Å²) < 4.78 is 31.6. The molecule has 0 aliphatic rings. The number of hydrogen-bond donors (Lipinski definition) is 2. The molecule has 116 valence electrons. The summed E-state index contributed by atoms with van der Waals surface area (Å²) in [7, 11) is -2.60. The minimum atomic E-state index is -3.96. The van der Waals surface area contributed by atoms with Crippen LogP contribution in [0.1, 0.15) is 0 Å². The third kappa shape index (κ3) is 3.26. The van der Waals surface area contributed by atoms with E-state index in [1.165, 1.54) is 43.5 Å². The molecule has 0 atom stereocenters. The highest BCUT2D eigenvalue weighted by Gasteiger charge is 2.21. The number of hydrogen-bond acceptors (Lipinski definition) is 6. The number of methoxy groups -OCH3 is 1. The topological polar surface area (TPSA) is 125 Å². The van der Waals surface area contributed by atoms with Crippen molar-refractivity contribution in [1.82, 2.24) is 0 Å². The van der Waals surface area contributed by atoms with Gasteiger partial charge in [-0.2, -0.15) is 0 Å². The molecule has 2 rings (SSSR count). The zero-order valence-corrected chi connectivity index (χ0v) is 12.3. The Morgan fingerprint density at radius 3 is 2.36 bits per heavy atom. The van der Waals surface area contributed by atoms with Crippen molar-refractivity contribution in [3.8, 4) is 5.75 Å². The van der Waals surface area contributed by atoms with Crippen molar-refractivity contribution < 1.29 is 18.1 Å². The molecule has 0 aliphatic heterocycles. The van der Waals surface area contributed by atoms with Crippen LogP contribution in [-0.4, -0.2) is 20.5 Å². The van der Waals surface area contributed by atoms with Gasteiger partial charge in [-0.15, -0.1) is 0 Å². The summed E-state index contributed by atoms with van der Waals surface area (Å²) in [6.07, 6.45) is 0. The lowest BCUT2D eigenvalue weighted by molar-refractivity contribution is -0.384. The molecule has 0 saturated heterocycles. The van der Waals surface area contributed by atoms with Crippen LogP contribution in [0.15, 0.2) is 47.4 Å². The molecule has 0 bridgehead atoms. The van der Waals surface area contributed by atoms with Gasteiger partial charge in [-0.3, -0.25) is 14.8 Å². The summed E-state index contributed by atoms with van der Waals surface area (Å²) in [6.45, 7) is 0. The molecule has 22 heavy (non-hydrogen) atoms. The lowest BCUT2D eigenvalue weighted by Gasteiger charge is -2.09. The Labute approximate surface area is 126 Å². The predicted octanol–water partition coefficient (Wildman–Crippen LogP) is 1.99. The Bertz CT molecular complexity index is 803. The molecule has 0 saturated carbocycles. The second kappa shape index (κ2) is 5.90. The summed E-state index contributed by atoms with van der Waals surface area (Å²) in [6, 6.07) is 9.31. The second-order valence-corrected chi connectivity index (χ2v) is 6.00. The van der Waals surface area contributed by atoms with Crippen molar-refractivity contribution in [2.45, 2.75) is 4.90 Å². The molecule has 8 nitrogen and oxygen atoms in total. The average molecular weight is 323 g/mol. The van der Waals surface area contributed by atoms with E-state index >= 15 is 0 Å². The van der Waals surface area contributed by atoms with Crippen LogP contribution in [0, 0.1) is 10.1 Å². The van der Waals surface area contributed by atoms with Crippen molar-refractivity contribution in [2.24, 2.45) is 0 Å². The summed E-state index contributed by atoms with van der Waals surface area (Å²) in [5.74, 6) is 0.252. The number of nitro benzene ring substituents is 1. The van der Waals surface area contributed by atoms with Gasteiger partial charge in [0.25, 0.3) is 15.7 Å². The first-order valence-electron chi connectivity index (χ1n) is 6.04. The molecule has 2 aromatic rings. The lowest BCUT2D eigenvalue weighted by atomic mass is 10.2. The van der Waals surface area contributed by atoms with E-state index in [2.05, 4.69) is 4.72 Å². The number of ether oxygens (including phenoxy) is 1. The summed E-state index contributed by atoms with van der Waals surface area (Å²) in [5, 5.41) is 11.1. The van der Waals surface area contributed by atoms with Crippen LogP contribution in [0.2, 0.25) is 0 Å². The van der Waals surface area contributed by atoms with E-state index in [4.69, 9.17) is 10.5 Å². The fourth-order valence-electron chi connectivity index (χ4n) is 1.73. The fraction of sp³-hybridized carbons (Fsp3) is 0.0769. The van der Waals surface area contributed by atoms with E-state index in [0.717, 1.165) is 6.07 Å². The van der Waals surface area contributed by atoms with E-state index in [1.54, 1.807) is 0 Å². The normalized spacial score (nSPS) is 11.0. The first-order valence-corrected chi connectivity index (χ1v) is 7.52. The van der Waals surface area contributed by atoms with Gasteiger partial charge in [-0.1, -0.05) is 0 Å². The maximum atomic E-state index is 12.2. The number of nitrogens with zero attached hydrogens (tertiary/aromatic N) is 1. The molecule has 0 fully saturated rings. The number of nitrogens with two attached hydrogens (primary N) is 1. The third-order valence-corrected chi connectivity index (χ3v) is 4.22. The Balaban J connectivity index is 2.41. The summed E-state index contributed by atoms with van der Waals surface area (Å²) in [4.78, 5) is 10.3. The highest BCUT2D eigenvalue weighted by atomic mass is 32.2. The van der Waals surface area contributed by atoms with E-state index in [-0.39, 0.29) is 16.3 Å². The molecule has 0 heterocycles. The number of sulfonamides is 1. The smallest absolute Gasteiger partial charge is 0.297 e. The van der Waals surface area contributed by atoms with Crippen LogP contribution in [0.3, 0.4) is 0 Å². The van der Waals surface area contributed by atoms with Gasteiger partial charge in [0.1, 0.15) is 11.4 Å². The molecule has 0 radical (unpaired) electrons. The monoisotopic (exact) mass is 323 g/mol. The van der Waals surface area contributed by atoms with Gasteiger partial charge in [0, 0.05) is 5.69 Å². The Morgan fingerprint density at radius 1 is 1.18 bits per heavy atom. The summed E-state index contributed by atoms with van der Waals surface area (Å²) >= 11 is 0. The lowest BCUT2D eigenvalue weighted by Crippen LogP contribution is -2.14. The SMILES string of the molecule is COc1ccc(NS(=O)(=O)c2ccc(N)cc2)c([N+](=O)[O-])c1. The van der Waals surface area contributed by atoms with Crippen molar-refractivity contribution in [2.75, 3.05) is 17.6 Å². The van der Waals surface area contributed by atoms with Crippen LogP contribution in [0.5, 0.6) is 5.75 Å². The van der Waals surface area contributed by atoms with Gasteiger partial charge >= 0.3 is 0 Å². The maximum Gasteiger partial charge on any atom is 0.297 e. The van der Waals surface area contributed by atoms with Gasteiger partial charge in [-0.05, 0) is 36.4 Å². The van der Waals surface area contributed by atoms with Crippen LogP contribution < -0.4 is 15.2 Å². The molecule has 0 unspecified atom stereocenters. The largest absolute Gasteiger partial charge is 0.496 e. The standard InChI is InChI=1S/C13H13N3O5S/c1-21-10-4-7-12(13(8-10)16(17)18)15-22(19,20)11-5-2-9(14)3-6-11/h2-8,15H,14H2,1H3. The molecule has 0 amide bonds. The average Bonchev–Trinajstić information content (AvgIpc) is 2.47. The van der Waals surface area contributed by atoms with Gasteiger partial charge in [0.05, 0.1) is 23.0 Å². The van der Waals surface area contributed by atoms with Crippen LogP contribution in [0.25, 0.3) is 0 Å². The van der Waals surface area contributed by atoms with Crippen molar-refractivity contribution in [1.29, 1.82) is 0 Å². The molecule has 0 spiro atoms. The van der Waals surface area contributed by atoms with E-state index in [1.807, 2.05) is 0 Å². The van der Waals surface area contributed by atoms with E-state index < -0.39 is 20.6 Å². The quantitative estimate of drug-likeness (QED) is 0.492. The minimum absolute atomic E-state index is 0.0492. The molecule has 0 aliphatic carbocycles. The third-order valence-electron chi connectivity index (χ3n) is 2.84. The van der Waals surface area contributed by atoms with Crippen LogP contribution >= 0.6 is 0 Å². The Morgan fingerprint density at radius 2 is 1.82 bits per heavy atom. The predicted molar refractivity (Wildman–Crippen MR) is 81.3 cm³/mol. The van der Waals surface area contributed by atoms with E-state index in [0.29, 0.717) is 5.69 Å². The zero-order valence-electron chi connectivity index (χ0n) is 11.5. The highest BCUT2D eigenvalue weighted by molar-refractivity contribution is 7.92. The Hall–Kier alpha value is -2.81. The Kier molecular flexibility index (Phi) is 4.18. The molecular formula is C13H13N3O5S. The number of benzene rings is 2. The van der Waals surface area contributed by atoms with Gasteiger partial charge in [0.15, 0.2) is 0 Å². The molecular weight excluding hydrogens is 310 g/mol. The van der Waals surface area contributed by atoms with Crippen molar-refractivity contribution >= 4 is 27.1 Å². The number of nitrogen functional groups attached to an aromatic ring is 1. The highest BCUT2D eigenvalue weighted by Crippen LogP contribution is 2.30. The minimum Gasteiger partial charge on any atom is -0.496 e. The van der Waals surface area contributed by atoms with E-state index in [9.17, 15) is 18.5 Å². The molecule has 3 N–H and O–H groups in total. The van der Waals surface area contributed by atoms with Crippen LogP contribution in [0.4, 0.5) is 17.1 Å². The van der Waals surface area contributed by atoms with Crippen LogP contribution in [-0.2, 0) is 10.0 Å². The number of anilines is 2. The first-order chi connectivity index (χ1) is 10.3. The van der Waals surface area contributed by atoms with Gasteiger partial charge in [-0.25, -0.2) is 8.42 Å². The fourth-order valence-corrected chi connectivity index (χ4v) is 2.80. The van der Waals surface area contributed by atoms with Crippen molar-refractivity contribution in [3.05, 3.63) is 52.6 Å². The number of nitro groups is 1. The van der Waals surface area contributed by atoms with Gasteiger partial charge in [0.2, 0.25) is 0 Å². The van der Waals surface area contributed by atoms with Crippen molar-refractivity contribution in [3.63, 3.8) is 0 Å². The second-order valence-electron chi connectivity index (χ2n) is 4.31. The first kappa shape index (κ1) is 15.6. The molecule has 0 aromatic heterocycles. The molecule has 2 aromatic carbocycles. The molecule has 9 heteroatoms.